The number of hydrogen-bond donors (Lipinski definition) is 1. The molecule has 1 aliphatic rings. The fraction of sp³-hybridized carbons (Fsp3) is 0.292. The van der Waals surface area contributed by atoms with E-state index in [1.54, 1.807) is 10.6 Å². The molecule has 7 nitrogen and oxygen atoms in total. The molecule has 0 saturated carbocycles. The molecule has 32 heavy (non-hydrogen) atoms. The number of rotatable bonds is 7. The molecule has 0 fully saturated rings. The Morgan fingerprint density at radius 1 is 1.25 bits per heavy atom. The zero-order valence-corrected chi connectivity index (χ0v) is 18.6. The van der Waals surface area contributed by atoms with Gasteiger partial charge in [-0.15, -0.1) is 0 Å². The zero-order chi connectivity index (χ0) is 22.8. The van der Waals surface area contributed by atoms with E-state index in [0.717, 1.165) is 17.6 Å². The van der Waals surface area contributed by atoms with Gasteiger partial charge in [0.15, 0.2) is 11.5 Å². The first kappa shape index (κ1) is 21.9. The SMILES string of the molecule is CCCOc1c(Cl)cc(/C=C2\CCn3c2nc2cc(C(=O)O)ccc2c3=O)cc1OCC. The summed E-state index contributed by atoms with van der Waals surface area (Å²) in [5, 5.41) is 10.1. The Morgan fingerprint density at radius 2 is 2.06 bits per heavy atom. The van der Waals surface area contributed by atoms with Gasteiger partial charge >= 0.3 is 5.97 Å². The first-order chi connectivity index (χ1) is 15.4. The van der Waals surface area contributed by atoms with Crippen LogP contribution in [0.5, 0.6) is 11.5 Å². The largest absolute Gasteiger partial charge is 0.490 e. The van der Waals surface area contributed by atoms with Gasteiger partial charge in [0.25, 0.3) is 5.56 Å². The van der Waals surface area contributed by atoms with E-state index in [0.29, 0.717) is 59.4 Å². The van der Waals surface area contributed by atoms with Crippen molar-refractivity contribution in [2.24, 2.45) is 0 Å². The first-order valence-corrected chi connectivity index (χ1v) is 10.9. The second kappa shape index (κ2) is 9.04. The second-order valence-electron chi connectivity index (χ2n) is 7.46. The molecule has 1 aromatic heterocycles. The van der Waals surface area contributed by atoms with Crippen molar-refractivity contribution in [2.45, 2.75) is 33.2 Å². The Labute approximate surface area is 189 Å². The quantitative estimate of drug-likeness (QED) is 0.547. The molecule has 0 bridgehead atoms. The Kier molecular flexibility index (Phi) is 6.19. The fourth-order valence-corrected chi connectivity index (χ4v) is 4.04. The lowest BCUT2D eigenvalue weighted by molar-refractivity contribution is 0.0697. The number of nitrogens with zero attached hydrogens (tertiary/aromatic N) is 2. The van der Waals surface area contributed by atoms with Crippen molar-refractivity contribution in [2.75, 3.05) is 13.2 Å². The molecule has 0 spiro atoms. The fourth-order valence-electron chi connectivity index (χ4n) is 3.77. The standard InChI is InChI=1S/C24H23ClN2O5/c1-3-9-32-21-18(25)11-14(12-20(21)31-4-2)10-15-7-8-27-22(15)26-19-13-16(24(29)30)5-6-17(19)23(27)28/h5-6,10-13H,3-4,7-9H2,1-2H3,(H,29,30)/b15-10+. The van der Waals surface area contributed by atoms with Crippen LogP contribution in [0.4, 0.5) is 0 Å². The molecule has 0 unspecified atom stereocenters. The van der Waals surface area contributed by atoms with E-state index >= 15 is 0 Å². The lowest BCUT2D eigenvalue weighted by Crippen LogP contribution is -2.21. The molecule has 0 amide bonds. The van der Waals surface area contributed by atoms with Crippen molar-refractivity contribution in [3.05, 3.63) is 62.7 Å². The minimum absolute atomic E-state index is 0.0914. The van der Waals surface area contributed by atoms with Crippen LogP contribution in [-0.2, 0) is 6.54 Å². The van der Waals surface area contributed by atoms with E-state index in [4.69, 9.17) is 21.1 Å². The number of carboxylic acids is 1. The predicted octanol–water partition coefficient (Wildman–Crippen LogP) is 4.88. The zero-order valence-electron chi connectivity index (χ0n) is 17.9. The Balaban J connectivity index is 1.80. The van der Waals surface area contributed by atoms with Gasteiger partial charge in [0, 0.05) is 6.54 Å². The third-order valence-electron chi connectivity index (χ3n) is 5.22. The molecule has 166 valence electrons. The summed E-state index contributed by atoms with van der Waals surface area (Å²) in [6, 6.07) is 8.03. The van der Waals surface area contributed by atoms with Crippen LogP contribution in [0.25, 0.3) is 22.6 Å². The highest BCUT2D eigenvalue weighted by Crippen LogP contribution is 2.38. The van der Waals surface area contributed by atoms with Gasteiger partial charge in [0.2, 0.25) is 0 Å². The number of carbonyl (C=O) groups is 1. The molecule has 2 aromatic carbocycles. The molecule has 2 heterocycles. The minimum Gasteiger partial charge on any atom is -0.490 e. The summed E-state index contributed by atoms with van der Waals surface area (Å²) < 4.78 is 13.1. The van der Waals surface area contributed by atoms with Gasteiger partial charge in [-0.05, 0) is 67.3 Å². The van der Waals surface area contributed by atoms with Crippen molar-refractivity contribution in [1.82, 2.24) is 9.55 Å². The van der Waals surface area contributed by atoms with E-state index in [1.807, 2.05) is 26.0 Å². The van der Waals surface area contributed by atoms with E-state index in [9.17, 15) is 14.7 Å². The summed E-state index contributed by atoms with van der Waals surface area (Å²) in [4.78, 5) is 28.9. The lowest BCUT2D eigenvalue weighted by Gasteiger charge is -2.14. The predicted molar refractivity (Wildman–Crippen MR) is 124 cm³/mol. The van der Waals surface area contributed by atoms with Crippen LogP contribution >= 0.6 is 11.6 Å². The number of ether oxygens (including phenoxy) is 2. The number of allylic oxidation sites excluding steroid dienone is 1. The maximum atomic E-state index is 12.9. The smallest absolute Gasteiger partial charge is 0.335 e. The van der Waals surface area contributed by atoms with Gasteiger partial charge in [0.1, 0.15) is 5.82 Å². The lowest BCUT2D eigenvalue weighted by atomic mass is 10.1. The van der Waals surface area contributed by atoms with Gasteiger partial charge in [-0.1, -0.05) is 18.5 Å². The highest BCUT2D eigenvalue weighted by atomic mass is 35.5. The summed E-state index contributed by atoms with van der Waals surface area (Å²) >= 11 is 6.48. The number of fused-ring (bicyclic) bond motifs is 2. The van der Waals surface area contributed by atoms with E-state index in [2.05, 4.69) is 4.98 Å². The maximum absolute atomic E-state index is 12.9. The molecule has 3 aromatic rings. The number of carboxylic acid groups (broad SMARTS) is 1. The van der Waals surface area contributed by atoms with Gasteiger partial charge in [0.05, 0.1) is 34.7 Å². The second-order valence-corrected chi connectivity index (χ2v) is 7.87. The number of aromatic nitrogens is 2. The van der Waals surface area contributed by atoms with Crippen LogP contribution in [0.3, 0.4) is 0 Å². The Bertz CT molecular complexity index is 1300. The Hall–Kier alpha value is -3.32. The monoisotopic (exact) mass is 454 g/mol. The molecule has 1 N–H and O–H groups in total. The molecule has 0 saturated heterocycles. The van der Waals surface area contributed by atoms with E-state index in [-0.39, 0.29) is 11.1 Å². The minimum atomic E-state index is -1.06. The molecule has 0 atom stereocenters. The van der Waals surface area contributed by atoms with Crippen molar-refractivity contribution >= 4 is 40.1 Å². The van der Waals surface area contributed by atoms with Crippen LogP contribution < -0.4 is 15.0 Å². The van der Waals surface area contributed by atoms with Gasteiger partial charge in [-0.3, -0.25) is 9.36 Å². The summed E-state index contributed by atoms with van der Waals surface area (Å²) in [5.41, 5.74) is 1.95. The highest BCUT2D eigenvalue weighted by molar-refractivity contribution is 6.32. The average Bonchev–Trinajstić information content (AvgIpc) is 3.16. The van der Waals surface area contributed by atoms with Crippen LogP contribution in [0, 0.1) is 0 Å². The summed E-state index contributed by atoms with van der Waals surface area (Å²) in [6.45, 7) is 5.42. The summed E-state index contributed by atoms with van der Waals surface area (Å²) in [6.07, 6.45) is 3.40. The van der Waals surface area contributed by atoms with Gasteiger partial charge in [-0.2, -0.15) is 0 Å². The molecule has 1 aliphatic heterocycles. The molecule has 0 radical (unpaired) electrons. The number of halogens is 1. The highest BCUT2D eigenvalue weighted by Gasteiger charge is 2.22. The van der Waals surface area contributed by atoms with E-state index < -0.39 is 5.97 Å². The molecular weight excluding hydrogens is 432 g/mol. The van der Waals surface area contributed by atoms with E-state index in [1.165, 1.54) is 18.2 Å². The average molecular weight is 455 g/mol. The third-order valence-corrected chi connectivity index (χ3v) is 5.50. The molecule has 0 aliphatic carbocycles. The number of benzene rings is 2. The van der Waals surface area contributed by atoms with Crippen LogP contribution in [0.2, 0.25) is 5.02 Å². The van der Waals surface area contributed by atoms with Gasteiger partial charge in [-0.25, -0.2) is 9.78 Å². The van der Waals surface area contributed by atoms with Gasteiger partial charge < -0.3 is 14.6 Å². The van der Waals surface area contributed by atoms with Crippen molar-refractivity contribution in [1.29, 1.82) is 0 Å². The van der Waals surface area contributed by atoms with Crippen LogP contribution in [0.15, 0.2) is 35.1 Å². The van der Waals surface area contributed by atoms with Crippen molar-refractivity contribution in [3.8, 4) is 11.5 Å². The Morgan fingerprint density at radius 3 is 2.78 bits per heavy atom. The summed E-state index contributed by atoms with van der Waals surface area (Å²) in [5.74, 6) is 0.554. The molecule has 8 heteroatoms. The number of hydrogen-bond acceptors (Lipinski definition) is 5. The van der Waals surface area contributed by atoms with Crippen molar-refractivity contribution in [3.63, 3.8) is 0 Å². The van der Waals surface area contributed by atoms with Crippen LogP contribution in [-0.4, -0.2) is 33.8 Å². The first-order valence-electron chi connectivity index (χ1n) is 10.5. The van der Waals surface area contributed by atoms with Crippen molar-refractivity contribution < 1.29 is 19.4 Å². The molecular formula is C24H23ClN2O5. The topological polar surface area (TPSA) is 90.7 Å². The number of aromatic carboxylic acids is 1. The summed E-state index contributed by atoms with van der Waals surface area (Å²) in [7, 11) is 0. The molecule has 4 rings (SSSR count). The third kappa shape index (κ3) is 4.08. The maximum Gasteiger partial charge on any atom is 0.335 e. The van der Waals surface area contributed by atoms with Crippen LogP contribution in [0.1, 0.15) is 48.4 Å². The normalized spacial score (nSPS) is 14.0.